The molecule has 2 aliphatic rings. The number of carbonyl (C=O) groups excluding carboxylic acids is 1. The first-order chi connectivity index (χ1) is 8.49. The molecule has 5 heteroatoms. The highest BCUT2D eigenvalue weighted by Crippen LogP contribution is 2.43. The van der Waals surface area contributed by atoms with Gasteiger partial charge < -0.3 is 20.8 Å². The molecule has 1 amide bonds. The highest BCUT2D eigenvalue weighted by atomic mass is 16.3. The van der Waals surface area contributed by atoms with E-state index in [4.69, 9.17) is 5.73 Å². The molecule has 0 atom stereocenters. The number of nitrogens with two attached hydrogens (primary N) is 1. The molecule has 1 saturated heterocycles. The maximum Gasteiger partial charge on any atom is 0.257 e. The normalized spacial score (nSPS) is 21.5. The van der Waals surface area contributed by atoms with Gasteiger partial charge in [0.05, 0.1) is 11.1 Å². The highest BCUT2D eigenvalue weighted by molar-refractivity contribution is 5.98. The predicted octanol–water partition coefficient (Wildman–Crippen LogP) is 0.661. The SMILES string of the molecule is NC1(C2CC2)CN(C(=O)c2cc(O)ccc2O)C1. The van der Waals surface area contributed by atoms with Crippen molar-refractivity contribution >= 4 is 5.91 Å². The number of benzene rings is 1. The Balaban J connectivity index is 1.74. The fraction of sp³-hybridized carbons (Fsp3) is 0.462. The van der Waals surface area contributed by atoms with Gasteiger partial charge in [-0.05, 0) is 37.0 Å². The second kappa shape index (κ2) is 3.62. The Labute approximate surface area is 105 Å². The first kappa shape index (κ1) is 11.3. The average molecular weight is 248 g/mol. The van der Waals surface area contributed by atoms with Crippen molar-refractivity contribution in [1.82, 2.24) is 4.90 Å². The van der Waals surface area contributed by atoms with Gasteiger partial charge in [-0.3, -0.25) is 4.79 Å². The zero-order valence-electron chi connectivity index (χ0n) is 9.97. The molecule has 96 valence electrons. The van der Waals surface area contributed by atoms with Gasteiger partial charge in [0.25, 0.3) is 5.91 Å². The fourth-order valence-corrected chi connectivity index (χ4v) is 2.59. The van der Waals surface area contributed by atoms with Crippen molar-refractivity contribution in [2.75, 3.05) is 13.1 Å². The number of phenolic OH excluding ortho intramolecular Hbond substituents is 2. The van der Waals surface area contributed by atoms with Crippen molar-refractivity contribution in [2.45, 2.75) is 18.4 Å². The van der Waals surface area contributed by atoms with E-state index in [-0.39, 0.29) is 28.5 Å². The lowest BCUT2D eigenvalue weighted by molar-refractivity contribution is 0.0347. The molecule has 0 aromatic heterocycles. The maximum absolute atomic E-state index is 12.1. The quantitative estimate of drug-likeness (QED) is 0.671. The Morgan fingerprint density at radius 1 is 1.33 bits per heavy atom. The smallest absolute Gasteiger partial charge is 0.257 e. The molecule has 0 radical (unpaired) electrons. The fourth-order valence-electron chi connectivity index (χ4n) is 2.59. The zero-order valence-corrected chi connectivity index (χ0v) is 9.97. The molecule has 1 aromatic rings. The van der Waals surface area contributed by atoms with Gasteiger partial charge in [0.2, 0.25) is 0 Å². The Morgan fingerprint density at radius 2 is 2.00 bits per heavy atom. The first-order valence-corrected chi connectivity index (χ1v) is 6.10. The average Bonchev–Trinajstić information content (AvgIpc) is 3.11. The van der Waals surface area contributed by atoms with Crippen molar-refractivity contribution in [3.63, 3.8) is 0 Å². The van der Waals surface area contributed by atoms with E-state index in [0.29, 0.717) is 19.0 Å². The maximum atomic E-state index is 12.1. The topological polar surface area (TPSA) is 86.8 Å². The Hall–Kier alpha value is -1.75. The molecule has 0 bridgehead atoms. The van der Waals surface area contributed by atoms with E-state index in [1.165, 1.54) is 18.2 Å². The van der Waals surface area contributed by atoms with Gasteiger partial charge in [0.1, 0.15) is 11.5 Å². The van der Waals surface area contributed by atoms with Gasteiger partial charge in [0.15, 0.2) is 0 Å². The lowest BCUT2D eigenvalue weighted by Crippen LogP contribution is -2.69. The van der Waals surface area contributed by atoms with Crippen LogP contribution in [0, 0.1) is 5.92 Å². The number of likely N-dealkylation sites (tertiary alicyclic amines) is 1. The van der Waals surface area contributed by atoms with E-state index < -0.39 is 0 Å². The minimum atomic E-state index is -0.273. The highest BCUT2D eigenvalue weighted by Gasteiger charge is 2.51. The number of aromatic hydroxyl groups is 2. The van der Waals surface area contributed by atoms with Gasteiger partial charge in [-0.1, -0.05) is 0 Å². The zero-order chi connectivity index (χ0) is 12.9. The van der Waals surface area contributed by atoms with Crippen LogP contribution in [0.2, 0.25) is 0 Å². The van der Waals surface area contributed by atoms with Crippen LogP contribution in [-0.4, -0.2) is 39.6 Å². The molecule has 3 rings (SSSR count). The van der Waals surface area contributed by atoms with Gasteiger partial charge in [-0.2, -0.15) is 0 Å². The molecule has 1 heterocycles. The van der Waals surface area contributed by atoms with Crippen molar-refractivity contribution in [3.05, 3.63) is 23.8 Å². The molecule has 2 fully saturated rings. The van der Waals surface area contributed by atoms with E-state index in [1.54, 1.807) is 4.90 Å². The minimum absolute atomic E-state index is 0.0297. The summed E-state index contributed by atoms with van der Waals surface area (Å²) in [6.45, 7) is 1.07. The summed E-state index contributed by atoms with van der Waals surface area (Å²) in [6, 6.07) is 3.95. The lowest BCUT2D eigenvalue weighted by atomic mass is 9.85. The summed E-state index contributed by atoms with van der Waals surface area (Å²) < 4.78 is 0. The number of hydrogen-bond acceptors (Lipinski definition) is 4. The number of amides is 1. The van der Waals surface area contributed by atoms with Crippen LogP contribution in [0.25, 0.3) is 0 Å². The molecule has 0 spiro atoms. The van der Waals surface area contributed by atoms with Crippen molar-refractivity contribution in [2.24, 2.45) is 11.7 Å². The third-order valence-corrected chi connectivity index (χ3v) is 3.86. The Morgan fingerprint density at radius 3 is 2.61 bits per heavy atom. The molecule has 1 saturated carbocycles. The largest absolute Gasteiger partial charge is 0.508 e. The number of phenols is 2. The van der Waals surface area contributed by atoms with Crippen LogP contribution in [0.3, 0.4) is 0 Å². The summed E-state index contributed by atoms with van der Waals surface area (Å²) in [5.74, 6) is 0.126. The van der Waals surface area contributed by atoms with E-state index in [0.717, 1.165) is 12.8 Å². The summed E-state index contributed by atoms with van der Waals surface area (Å²) in [4.78, 5) is 13.7. The monoisotopic (exact) mass is 248 g/mol. The van der Waals surface area contributed by atoms with Gasteiger partial charge in [0, 0.05) is 13.1 Å². The molecule has 4 N–H and O–H groups in total. The standard InChI is InChI=1S/C13H16N2O3/c14-13(8-1-2-8)6-15(7-13)12(18)10-5-9(16)3-4-11(10)17/h3-5,8,16-17H,1-2,6-7,14H2. The van der Waals surface area contributed by atoms with E-state index in [1.807, 2.05) is 0 Å². The summed E-state index contributed by atoms with van der Waals surface area (Å²) >= 11 is 0. The summed E-state index contributed by atoms with van der Waals surface area (Å²) in [6.07, 6.45) is 2.30. The number of nitrogens with zero attached hydrogens (tertiary/aromatic N) is 1. The van der Waals surface area contributed by atoms with Crippen molar-refractivity contribution < 1.29 is 15.0 Å². The molecular formula is C13H16N2O3. The van der Waals surface area contributed by atoms with Crippen LogP contribution in [-0.2, 0) is 0 Å². The number of carbonyl (C=O) groups is 1. The molecule has 18 heavy (non-hydrogen) atoms. The van der Waals surface area contributed by atoms with E-state index in [2.05, 4.69) is 0 Å². The van der Waals surface area contributed by atoms with Crippen LogP contribution >= 0.6 is 0 Å². The number of hydrogen-bond donors (Lipinski definition) is 3. The molecule has 1 aliphatic heterocycles. The van der Waals surface area contributed by atoms with E-state index >= 15 is 0 Å². The summed E-state index contributed by atoms with van der Waals surface area (Å²) in [5.41, 5.74) is 6.07. The number of rotatable bonds is 2. The molecule has 1 aromatic carbocycles. The van der Waals surface area contributed by atoms with Crippen molar-refractivity contribution in [1.29, 1.82) is 0 Å². The van der Waals surface area contributed by atoms with Crippen LogP contribution in [0.15, 0.2) is 18.2 Å². The van der Waals surface area contributed by atoms with Crippen molar-refractivity contribution in [3.8, 4) is 11.5 Å². The van der Waals surface area contributed by atoms with Crippen LogP contribution < -0.4 is 5.73 Å². The summed E-state index contributed by atoms with van der Waals surface area (Å²) in [5, 5.41) is 19.0. The molecule has 5 nitrogen and oxygen atoms in total. The molecular weight excluding hydrogens is 232 g/mol. The van der Waals surface area contributed by atoms with Crippen LogP contribution in [0.1, 0.15) is 23.2 Å². The third kappa shape index (κ3) is 1.71. The Kier molecular flexibility index (Phi) is 2.28. The third-order valence-electron chi connectivity index (χ3n) is 3.86. The van der Waals surface area contributed by atoms with Gasteiger partial charge >= 0.3 is 0 Å². The minimum Gasteiger partial charge on any atom is -0.508 e. The van der Waals surface area contributed by atoms with Gasteiger partial charge in [-0.25, -0.2) is 0 Å². The molecule has 1 aliphatic carbocycles. The second-order valence-corrected chi connectivity index (χ2v) is 5.37. The van der Waals surface area contributed by atoms with Crippen LogP contribution in [0.5, 0.6) is 11.5 Å². The first-order valence-electron chi connectivity index (χ1n) is 6.10. The van der Waals surface area contributed by atoms with Gasteiger partial charge in [-0.15, -0.1) is 0 Å². The summed E-state index contributed by atoms with van der Waals surface area (Å²) in [7, 11) is 0. The second-order valence-electron chi connectivity index (χ2n) is 5.37. The predicted molar refractivity (Wildman–Crippen MR) is 65.3 cm³/mol. The Bertz CT molecular complexity index is 505. The van der Waals surface area contributed by atoms with Crippen LogP contribution in [0.4, 0.5) is 0 Å². The lowest BCUT2D eigenvalue weighted by Gasteiger charge is -2.48. The van der Waals surface area contributed by atoms with E-state index in [9.17, 15) is 15.0 Å². The molecule has 0 unspecified atom stereocenters.